The molecule has 1 N–H and O–H groups in total. The summed E-state index contributed by atoms with van der Waals surface area (Å²) in [6, 6.07) is 27.9. The molecule has 4 rings (SSSR count). The van der Waals surface area contributed by atoms with Crippen molar-refractivity contribution in [3.05, 3.63) is 129 Å². The largest absolute Gasteiger partial charge is 0.352 e. The zero-order chi connectivity index (χ0) is 31.9. The predicted octanol–water partition coefficient (Wildman–Crippen LogP) is 7.12. The Balaban J connectivity index is 1.82. The van der Waals surface area contributed by atoms with Crippen LogP contribution in [0.25, 0.3) is 0 Å². The zero-order valence-corrected chi connectivity index (χ0v) is 28.1. The number of sulfonamides is 1. The second kappa shape index (κ2) is 15.1. The molecule has 0 aliphatic carbocycles. The monoisotopic (exact) mass is 715 g/mol. The van der Waals surface area contributed by atoms with E-state index in [1.807, 2.05) is 68.4 Å². The van der Waals surface area contributed by atoms with Crippen LogP contribution in [-0.2, 0) is 32.6 Å². The van der Waals surface area contributed by atoms with E-state index >= 15 is 0 Å². The lowest BCUT2D eigenvalue weighted by atomic mass is 10.0. The summed E-state index contributed by atoms with van der Waals surface area (Å²) in [5.74, 6) is -0.922. The molecule has 0 saturated carbocycles. The minimum atomic E-state index is -4.24. The maximum Gasteiger partial charge on any atom is 0.264 e. The third-order valence-electron chi connectivity index (χ3n) is 6.75. The van der Waals surface area contributed by atoms with Gasteiger partial charge in [0.1, 0.15) is 12.6 Å². The van der Waals surface area contributed by atoms with Gasteiger partial charge in [0.15, 0.2) is 0 Å². The smallest absolute Gasteiger partial charge is 0.264 e. The van der Waals surface area contributed by atoms with Crippen LogP contribution in [0.2, 0.25) is 10.0 Å². The third kappa shape index (κ3) is 8.63. The molecule has 0 radical (unpaired) electrons. The number of nitrogens with one attached hydrogen (secondary N) is 1. The maximum atomic E-state index is 14.4. The fourth-order valence-corrected chi connectivity index (χ4v) is 6.82. The number of nitrogens with zero attached hydrogens (tertiary/aromatic N) is 2. The number of carbonyl (C=O) groups excluding carboxylic acids is 2. The fraction of sp³-hybridized carbons (Fsp3) is 0.212. The van der Waals surface area contributed by atoms with Crippen LogP contribution in [0.1, 0.15) is 25.0 Å². The Morgan fingerprint density at radius 3 is 2.07 bits per heavy atom. The number of rotatable bonds is 12. The highest BCUT2D eigenvalue weighted by molar-refractivity contribution is 9.10. The topological polar surface area (TPSA) is 86.8 Å². The van der Waals surface area contributed by atoms with E-state index in [1.54, 1.807) is 18.2 Å². The molecule has 0 spiro atoms. The highest BCUT2D eigenvalue weighted by Crippen LogP contribution is 2.31. The van der Waals surface area contributed by atoms with Crippen molar-refractivity contribution in [3.8, 4) is 0 Å². The normalized spacial score (nSPS) is 12.0. The van der Waals surface area contributed by atoms with Crippen LogP contribution < -0.4 is 9.62 Å². The number of anilines is 1. The van der Waals surface area contributed by atoms with E-state index in [2.05, 4.69) is 21.2 Å². The quantitative estimate of drug-likeness (QED) is 0.169. The van der Waals surface area contributed by atoms with Gasteiger partial charge in [-0.15, -0.1) is 0 Å². The first-order chi connectivity index (χ1) is 21.0. The molecule has 11 heteroatoms. The molecule has 1 unspecified atom stereocenters. The molecule has 0 aliphatic heterocycles. The van der Waals surface area contributed by atoms with E-state index in [4.69, 9.17) is 23.2 Å². The van der Waals surface area contributed by atoms with E-state index in [9.17, 15) is 18.0 Å². The van der Waals surface area contributed by atoms with Gasteiger partial charge in [-0.3, -0.25) is 13.9 Å². The Kier molecular flexibility index (Phi) is 11.5. The first-order valence-corrected chi connectivity index (χ1v) is 16.9. The predicted molar refractivity (Wildman–Crippen MR) is 179 cm³/mol. The van der Waals surface area contributed by atoms with E-state index < -0.39 is 28.5 Å². The van der Waals surface area contributed by atoms with Crippen molar-refractivity contribution in [1.82, 2.24) is 10.2 Å². The highest BCUT2D eigenvalue weighted by atomic mass is 79.9. The number of halogens is 3. The van der Waals surface area contributed by atoms with Gasteiger partial charge in [-0.05, 0) is 67.4 Å². The molecule has 4 aromatic carbocycles. The van der Waals surface area contributed by atoms with Crippen molar-refractivity contribution in [2.45, 2.75) is 43.8 Å². The molecule has 0 aliphatic rings. The van der Waals surface area contributed by atoms with Crippen LogP contribution in [0.3, 0.4) is 0 Å². The standard InChI is InChI=1S/C33H32BrCl2N3O4S/c1-23(2)37-33(41)31(19-24-10-5-3-6-11-24)38(21-25-12-9-13-26(34)18-25)32(40)22-39(27-16-17-29(35)30(36)20-27)44(42,43)28-14-7-4-8-15-28/h3-18,20,23,31H,19,21-22H2,1-2H3,(H,37,41). The molecule has 0 bridgehead atoms. The third-order valence-corrected chi connectivity index (χ3v) is 9.77. The summed E-state index contributed by atoms with van der Waals surface area (Å²) in [7, 11) is -4.24. The average molecular weight is 718 g/mol. The van der Waals surface area contributed by atoms with Crippen molar-refractivity contribution in [2.24, 2.45) is 0 Å². The summed E-state index contributed by atoms with van der Waals surface area (Å²) in [5, 5.41) is 3.32. The van der Waals surface area contributed by atoms with Gasteiger partial charge in [-0.2, -0.15) is 0 Å². The Bertz CT molecular complexity index is 1710. The van der Waals surface area contributed by atoms with Gasteiger partial charge in [0.05, 0.1) is 20.6 Å². The lowest BCUT2D eigenvalue weighted by Crippen LogP contribution is -2.54. The van der Waals surface area contributed by atoms with Crippen molar-refractivity contribution in [1.29, 1.82) is 0 Å². The average Bonchev–Trinajstić information content (AvgIpc) is 2.99. The summed E-state index contributed by atoms with van der Waals surface area (Å²) < 4.78 is 29.9. The number of carbonyl (C=O) groups is 2. The van der Waals surface area contributed by atoms with Gasteiger partial charge in [-0.25, -0.2) is 8.42 Å². The van der Waals surface area contributed by atoms with Gasteiger partial charge >= 0.3 is 0 Å². The van der Waals surface area contributed by atoms with E-state index in [-0.39, 0.29) is 45.5 Å². The van der Waals surface area contributed by atoms with Crippen LogP contribution >= 0.6 is 39.1 Å². The molecule has 44 heavy (non-hydrogen) atoms. The second-order valence-electron chi connectivity index (χ2n) is 10.4. The Labute approximate surface area is 277 Å². The molecular weight excluding hydrogens is 685 g/mol. The Morgan fingerprint density at radius 1 is 0.818 bits per heavy atom. The molecule has 7 nitrogen and oxygen atoms in total. The minimum Gasteiger partial charge on any atom is -0.352 e. The summed E-state index contributed by atoms with van der Waals surface area (Å²) in [6.07, 6.45) is 0.220. The van der Waals surface area contributed by atoms with Crippen LogP contribution in [0.4, 0.5) is 5.69 Å². The summed E-state index contributed by atoms with van der Waals surface area (Å²) in [4.78, 5) is 29.6. The van der Waals surface area contributed by atoms with Crippen LogP contribution in [0.5, 0.6) is 0 Å². The van der Waals surface area contributed by atoms with Crippen molar-refractivity contribution < 1.29 is 18.0 Å². The molecule has 230 valence electrons. The van der Waals surface area contributed by atoms with Gasteiger partial charge in [-0.1, -0.05) is 99.8 Å². The molecule has 1 atom stereocenters. The molecule has 2 amide bonds. The first kappa shape index (κ1) is 33.5. The second-order valence-corrected chi connectivity index (χ2v) is 14.0. The summed E-state index contributed by atoms with van der Waals surface area (Å²) in [6.45, 7) is 3.15. The molecule has 4 aromatic rings. The van der Waals surface area contributed by atoms with Gasteiger partial charge in [0.2, 0.25) is 11.8 Å². The van der Waals surface area contributed by atoms with Crippen LogP contribution in [0, 0.1) is 0 Å². The minimum absolute atomic E-state index is 0.00389. The highest BCUT2D eigenvalue weighted by Gasteiger charge is 2.35. The number of hydrogen-bond donors (Lipinski definition) is 1. The zero-order valence-electron chi connectivity index (χ0n) is 24.2. The fourth-order valence-electron chi connectivity index (χ4n) is 4.66. The molecular formula is C33H32BrCl2N3O4S. The van der Waals surface area contributed by atoms with Crippen LogP contribution in [-0.4, -0.2) is 43.8 Å². The first-order valence-electron chi connectivity index (χ1n) is 13.9. The summed E-state index contributed by atoms with van der Waals surface area (Å²) >= 11 is 15.9. The van der Waals surface area contributed by atoms with Crippen LogP contribution in [0.15, 0.2) is 112 Å². The van der Waals surface area contributed by atoms with Gasteiger partial charge in [0.25, 0.3) is 10.0 Å². The lowest BCUT2D eigenvalue weighted by Gasteiger charge is -2.34. The maximum absolute atomic E-state index is 14.4. The van der Waals surface area contributed by atoms with E-state index in [0.29, 0.717) is 0 Å². The van der Waals surface area contributed by atoms with E-state index in [0.717, 1.165) is 19.9 Å². The number of benzene rings is 4. The van der Waals surface area contributed by atoms with Crippen molar-refractivity contribution in [2.75, 3.05) is 10.8 Å². The Morgan fingerprint density at radius 2 is 1.45 bits per heavy atom. The van der Waals surface area contributed by atoms with Gasteiger partial charge < -0.3 is 10.2 Å². The molecule has 0 saturated heterocycles. The van der Waals surface area contributed by atoms with Crippen molar-refractivity contribution in [3.63, 3.8) is 0 Å². The number of hydrogen-bond acceptors (Lipinski definition) is 4. The molecule has 0 heterocycles. The number of amides is 2. The van der Waals surface area contributed by atoms with Crippen molar-refractivity contribution >= 4 is 66.7 Å². The van der Waals surface area contributed by atoms with E-state index in [1.165, 1.54) is 35.2 Å². The SMILES string of the molecule is CC(C)NC(=O)C(Cc1ccccc1)N(Cc1cccc(Br)c1)C(=O)CN(c1ccc(Cl)c(Cl)c1)S(=O)(=O)c1ccccc1. The lowest BCUT2D eigenvalue weighted by molar-refractivity contribution is -0.140. The Hall–Kier alpha value is -3.37. The van der Waals surface area contributed by atoms with Gasteiger partial charge in [0, 0.05) is 23.5 Å². The summed E-state index contributed by atoms with van der Waals surface area (Å²) in [5.41, 5.74) is 1.77. The molecule has 0 fully saturated rings. The molecule has 0 aromatic heterocycles.